The monoisotopic (exact) mass is 199 g/mol. The molecule has 0 radical (unpaired) electrons. The van der Waals surface area contributed by atoms with E-state index in [-0.39, 0.29) is 5.92 Å². The van der Waals surface area contributed by atoms with E-state index in [1.54, 1.807) is 0 Å². The Labute approximate surface area is 83.5 Å². The van der Waals surface area contributed by atoms with Crippen molar-refractivity contribution in [2.75, 3.05) is 20.1 Å². The van der Waals surface area contributed by atoms with E-state index in [1.807, 2.05) is 7.05 Å². The number of hydrogen-bond donors (Lipinski definition) is 2. The van der Waals surface area contributed by atoms with E-state index in [0.717, 1.165) is 19.5 Å². The van der Waals surface area contributed by atoms with Crippen LogP contribution in [-0.2, 0) is 4.79 Å². The first-order valence-electron chi connectivity index (χ1n) is 5.16. The van der Waals surface area contributed by atoms with Crippen molar-refractivity contribution < 1.29 is 15.0 Å². The molecular weight excluding hydrogens is 182 g/mol. The summed E-state index contributed by atoms with van der Waals surface area (Å²) in [6.07, 6.45) is 1.56. The molecular formula is C10H17NO3. The molecule has 2 aliphatic rings. The molecule has 2 N–H and O–H groups in total. The number of aliphatic hydroxyl groups excluding tert-OH is 1. The Morgan fingerprint density at radius 1 is 1.57 bits per heavy atom. The van der Waals surface area contributed by atoms with Gasteiger partial charge >= 0.3 is 5.97 Å². The van der Waals surface area contributed by atoms with Crippen LogP contribution >= 0.6 is 0 Å². The van der Waals surface area contributed by atoms with E-state index in [9.17, 15) is 9.90 Å². The smallest absolute Gasteiger partial charge is 0.312 e. The van der Waals surface area contributed by atoms with Gasteiger partial charge in [0.15, 0.2) is 0 Å². The summed E-state index contributed by atoms with van der Waals surface area (Å²) < 4.78 is 0. The maximum atomic E-state index is 11.0. The highest BCUT2D eigenvalue weighted by Gasteiger charge is 2.58. The largest absolute Gasteiger partial charge is 0.481 e. The lowest BCUT2D eigenvalue weighted by molar-refractivity contribution is -0.149. The van der Waals surface area contributed by atoms with Crippen LogP contribution in [0.3, 0.4) is 0 Å². The van der Waals surface area contributed by atoms with E-state index in [1.165, 1.54) is 0 Å². The molecule has 80 valence electrons. The fourth-order valence-corrected chi connectivity index (χ4v) is 2.45. The van der Waals surface area contributed by atoms with Gasteiger partial charge in [0.05, 0.1) is 11.5 Å². The zero-order valence-electron chi connectivity index (χ0n) is 8.44. The summed E-state index contributed by atoms with van der Waals surface area (Å²) in [4.78, 5) is 13.1. The normalized spacial score (nSPS) is 32.9. The minimum absolute atomic E-state index is 0.151. The summed E-state index contributed by atoms with van der Waals surface area (Å²) in [6.45, 7) is 1.80. The van der Waals surface area contributed by atoms with E-state index < -0.39 is 17.5 Å². The summed E-state index contributed by atoms with van der Waals surface area (Å²) in [6, 6.07) is 0. The van der Waals surface area contributed by atoms with Gasteiger partial charge in [-0.15, -0.1) is 0 Å². The predicted molar refractivity (Wildman–Crippen MR) is 50.9 cm³/mol. The van der Waals surface area contributed by atoms with Crippen LogP contribution in [0.2, 0.25) is 0 Å². The number of rotatable bonds is 3. The van der Waals surface area contributed by atoms with Crippen molar-refractivity contribution in [1.82, 2.24) is 4.90 Å². The summed E-state index contributed by atoms with van der Waals surface area (Å²) >= 11 is 0. The first-order chi connectivity index (χ1) is 6.56. The number of aliphatic hydroxyl groups is 1. The Bertz CT molecular complexity index is 250. The molecule has 2 fully saturated rings. The lowest BCUT2D eigenvalue weighted by atomic mass is 9.87. The molecule has 0 aromatic carbocycles. The molecule has 4 heteroatoms. The highest BCUT2D eigenvalue weighted by Crippen LogP contribution is 2.51. The Kier molecular flexibility index (Phi) is 2.27. The maximum Gasteiger partial charge on any atom is 0.312 e. The number of nitrogens with zero attached hydrogens (tertiary/aromatic N) is 1. The average Bonchev–Trinajstić information content (AvgIpc) is 2.84. The van der Waals surface area contributed by atoms with Gasteiger partial charge in [-0.25, -0.2) is 0 Å². The SMILES string of the molecule is CN1CCC(C(O)C2(C(=O)O)CC2)C1. The van der Waals surface area contributed by atoms with Gasteiger partial charge in [0.1, 0.15) is 0 Å². The van der Waals surface area contributed by atoms with Crippen LogP contribution < -0.4 is 0 Å². The van der Waals surface area contributed by atoms with Gasteiger partial charge in [-0.3, -0.25) is 4.79 Å². The Morgan fingerprint density at radius 2 is 2.21 bits per heavy atom. The first kappa shape index (κ1) is 9.93. The van der Waals surface area contributed by atoms with E-state index in [4.69, 9.17) is 5.11 Å². The third kappa shape index (κ3) is 1.42. The molecule has 1 saturated heterocycles. The van der Waals surface area contributed by atoms with E-state index >= 15 is 0 Å². The molecule has 2 atom stereocenters. The second-order valence-electron chi connectivity index (χ2n) is 4.72. The van der Waals surface area contributed by atoms with Gasteiger partial charge in [-0.1, -0.05) is 0 Å². The molecule has 1 saturated carbocycles. The third-order valence-corrected chi connectivity index (χ3v) is 3.66. The lowest BCUT2D eigenvalue weighted by Gasteiger charge is -2.23. The van der Waals surface area contributed by atoms with Crippen molar-refractivity contribution in [2.45, 2.75) is 25.4 Å². The number of hydrogen-bond acceptors (Lipinski definition) is 3. The highest BCUT2D eigenvalue weighted by atomic mass is 16.4. The molecule has 1 aliphatic heterocycles. The van der Waals surface area contributed by atoms with Gasteiger partial charge in [0, 0.05) is 6.54 Å². The van der Waals surface area contributed by atoms with Gasteiger partial charge < -0.3 is 15.1 Å². The minimum Gasteiger partial charge on any atom is -0.481 e. The summed E-state index contributed by atoms with van der Waals surface area (Å²) in [7, 11) is 2.01. The molecule has 0 bridgehead atoms. The van der Waals surface area contributed by atoms with Crippen molar-refractivity contribution in [3.05, 3.63) is 0 Å². The van der Waals surface area contributed by atoms with Gasteiger partial charge in [0.2, 0.25) is 0 Å². The van der Waals surface area contributed by atoms with E-state index in [2.05, 4.69) is 4.90 Å². The molecule has 0 amide bonds. The summed E-state index contributed by atoms with van der Waals surface area (Å²) in [5, 5.41) is 19.0. The number of aliphatic carboxylic acids is 1. The van der Waals surface area contributed by atoms with Gasteiger partial charge in [-0.2, -0.15) is 0 Å². The van der Waals surface area contributed by atoms with Crippen LogP contribution in [0.4, 0.5) is 0 Å². The summed E-state index contributed by atoms with van der Waals surface area (Å²) in [5.41, 5.74) is -0.796. The van der Waals surface area contributed by atoms with Crippen LogP contribution in [0, 0.1) is 11.3 Å². The molecule has 2 rings (SSSR count). The molecule has 2 unspecified atom stereocenters. The average molecular weight is 199 g/mol. The lowest BCUT2D eigenvalue weighted by Crippen LogP contribution is -2.37. The van der Waals surface area contributed by atoms with Gasteiger partial charge in [0.25, 0.3) is 0 Å². The third-order valence-electron chi connectivity index (χ3n) is 3.66. The number of carboxylic acids is 1. The zero-order valence-corrected chi connectivity index (χ0v) is 8.44. The van der Waals surface area contributed by atoms with Crippen molar-refractivity contribution in [3.63, 3.8) is 0 Å². The fraction of sp³-hybridized carbons (Fsp3) is 0.900. The predicted octanol–water partition coefficient (Wildman–Crippen LogP) is 0.164. The fourth-order valence-electron chi connectivity index (χ4n) is 2.45. The quantitative estimate of drug-likeness (QED) is 0.680. The van der Waals surface area contributed by atoms with Crippen molar-refractivity contribution >= 4 is 5.97 Å². The summed E-state index contributed by atoms with van der Waals surface area (Å²) in [5.74, 6) is -0.668. The number of carboxylic acid groups (broad SMARTS) is 1. The Hall–Kier alpha value is -0.610. The van der Waals surface area contributed by atoms with Gasteiger partial charge in [-0.05, 0) is 38.8 Å². The molecule has 0 aromatic heterocycles. The second kappa shape index (κ2) is 3.21. The van der Waals surface area contributed by atoms with Crippen LogP contribution in [0.1, 0.15) is 19.3 Å². The molecule has 0 spiro atoms. The van der Waals surface area contributed by atoms with Crippen LogP contribution in [0.25, 0.3) is 0 Å². The van der Waals surface area contributed by atoms with Crippen LogP contribution in [-0.4, -0.2) is 47.3 Å². The van der Waals surface area contributed by atoms with Crippen molar-refractivity contribution in [1.29, 1.82) is 0 Å². The maximum absolute atomic E-state index is 11.0. The van der Waals surface area contributed by atoms with Crippen molar-refractivity contribution in [3.8, 4) is 0 Å². The van der Waals surface area contributed by atoms with Crippen molar-refractivity contribution in [2.24, 2.45) is 11.3 Å². The second-order valence-corrected chi connectivity index (χ2v) is 4.72. The molecule has 4 nitrogen and oxygen atoms in total. The molecule has 1 aliphatic carbocycles. The standard InChI is InChI=1S/C10H17NO3/c1-11-5-2-7(6-11)8(12)10(3-4-10)9(13)14/h7-8,12H,2-6H2,1H3,(H,13,14). The topological polar surface area (TPSA) is 60.8 Å². The minimum atomic E-state index is -0.820. The first-order valence-corrected chi connectivity index (χ1v) is 5.16. The molecule has 1 heterocycles. The Morgan fingerprint density at radius 3 is 2.57 bits per heavy atom. The number of likely N-dealkylation sites (tertiary alicyclic amines) is 1. The molecule has 14 heavy (non-hydrogen) atoms. The van der Waals surface area contributed by atoms with Crippen LogP contribution in [0.5, 0.6) is 0 Å². The zero-order chi connectivity index (χ0) is 10.3. The highest BCUT2D eigenvalue weighted by molar-refractivity contribution is 5.78. The van der Waals surface area contributed by atoms with Crippen LogP contribution in [0.15, 0.2) is 0 Å². The van der Waals surface area contributed by atoms with E-state index in [0.29, 0.717) is 12.8 Å². The molecule has 0 aromatic rings. The number of carbonyl (C=O) groups is 1. The Balaban J connectivity index is 2.01.